The van der Waals surface area contributed by atoms with Gasteiger partial charge in [0, 0.05) is 38.3 Å². The van der Waals surface area contributed by atoms with Crippen molar-refractivity contribution < 1.29 is 8.83 Å². The SMILES string of the molecule is c1ccc(N(c2ccccc2)c2ccc(-c3cc(-c4ccc5oc6ccccc6c5c4)cc(-c4ccc5oc6ccccc6c5c4)c3)c3ccccc23)cc1. The Morgan fingerprint density at radius 1 is 0.273 bits per heavy atom. The summed E-state index contributed by atoms with van der Waals surface area (Å²) < 4.78 is 12.5. The molecule has 3 nitrogen and oxygen atoms in total. The number of rotatable bonds is 6. The fraction of sp³-hybridized carbons (Fsp3) is 0. The fourth-order valence-corrected chi connectivity index (χ4v) is 8.24. The third-order valence-electron chi connectivity index (χ3n) is 10.8. The summed E-state index contributed by atoms with van der Waals surface area (Å²) in [5, 5.41) is 6.84. The highest BCUT2D eigenvalue weighted by Crippen LogP contribution is 2.44. The van der Waals surface area contributed by atoms with E-state index in [-0.39, 0.29) is 0 Å². The van der Waals surface area contributed by atoms with E-state index in [1.54, 1.807) is 0 Å². The molecule has 2 aromatic heterocycles. The van der Waals surface area contributed by atoms with Crippen LogP contribution in [0.1, 0.15) is 0 Å². The van der Waals surface area contributed by atoms with Crippen molar-refractivity contribution in [2.75, 3.05) is 4.90 Å². The van der Waals surface area contributed by atoms with E-state index < -0.39 is 0 Å². The quantitative estimate of drug-likeness (QED) is 0.173. The van der Waals surface area contributed by atoms with Crippen molar-refractivity contribution in [3.05, 3.63) is 200 Å². The average molecular weight is 704 g/mol. The number of hydrogen-bond donors (Lipinski definition) is 0. The van der Waals surface area contributed by atoms with Crippen LogP contribution >= 0.6 is 0 Å². The van der Waals surface area contributed by atoms with Gasteiger partial charge in [0.1, 0.15) is 22.3 Å². The predicted molar refractivity (Wildman–Crippen MR) is 229 cm³/mol. The summed E-state index contributed by atoms with van der Waals surface area (Å²) in [7, 11) is 0. The summed E-state index contributed by atoms with van der Waals surface area (Å²) in [5.74, 6) is 0. The zero-order valence-electron chi connectivity index (χ0n) is 29.8. The minimum Gasteiger partial charge on any atom is -0.456 e. The van der Waals surface area contributed by atoms with Gasteiger partial charge in [-0.3, -0.25) is 0 Å². The second kappa shape index (κ2) is 12.6. The molecule has 0 spiro atoms. The maximum Gasteiger partial charge on any atom is 0.135 e. The molecule has 0 saturated carbocycles. The Morgan fingerprint density at radius 2 is 0.709 bits per heavy atom. The molecule has 0 aliphatic rings. The minimum atomic E-state index is 0.890. The second-order valence-corrected chi connectivity index (χ2v) is 14.1. The van der Waals surface area contributed by atoms with Crippen molar-refractivity contribution in [1.29, 1.82) is 0 Å². The van der Waals surface area contributed by atoms with Gasteiger partial charge in [-0.15, -0.1) is 0 Å². The van der Waals surface area contributed by atoms with Crippen molar-refractivity contribution in [2.24, 2.45) is 0 Å². The number of anilines is 3. The molecule has 2 heterocycles. The summed E-state index contributed by atoms with van der Waals surface area (Å²) in [4.78, 5) is 2.35. The summed E-state index contributed by atoms with van der Waals surface area (Å²) in [6.45, 7) is 0. The highest BCUT2D eigenvalue weighted by Gasteiger charge is 2.19. The molecule has 55 heavy (non-hydrogen) atoms. The summed E-state index contributed by atoms with van der Waals surface area (Å²) in [5.41, 5.74) is 13.8. The number of furan rings is 2. The van der Waals surface area contributed by atoms with E-state index in [4.69, 9.17) is 8.83 Å². The molecular weight excluding hydrogens is 671 g/mol. The van der Waals surface area contributed by atoms with Crippen molar-refractivity contribution >= 4 is 71.7 Å². The second-order valence-electron chi connectivity index (χ2n) is 14.1. The van der Waals surface area contributed by atoms with Gasteiger partial charge in [0.15, 0.2) is 0 Å². The molecule has 0 radical (unpaired) electrons. The summed E-state index contributed by atoms with van der Waals surface area (Å²) in [6, 6.07) is 71.2. The normalized spacial score (nSPS) is 11.6. The Balaban J connectivity index is 1.14. The lowest BCUT2D eigenvalue weighted by molar-refractivity contribution is 0.668. The van der Waals surface area contributed by atoms with Gasteiger partial charge in [-0.05, 0) is 124 Å². The highest BCUT2D eigenvalue weighted by molar-refractivity contribution is 6.09. The Kier molecular flexibility index (Phi) is 7.17. The van der Waals surface area contributed by atoms with Crippen LogP contribution in [0.2, 0.25) is 0 Å². The first kappa shape index (κ1) is 31.2. The van der Waals surface area contributed by atoms with Crippen LogP contribution in [-0.2, 0) is 0 Å². The molecule has 0 bridgehead atoms. The molecule has 0 amide bonds. The van der Waals surface area contributed by atoms with Crippen molar-refractivity contribution in [3.8, 4) is 33.4 Å². The topological polar surface area (TPSA) is 29.5 Å². The molecule has 3 heteroatoms. The third-order valence-corrected chi connectivity index (χ3v) is 10.8. The third kappa shape index (κ3) is 5.28. The summed E-state index contributed by atoms with van der Waals surface area (Å²) in [6.07, 6.45) is 0. The molecule has 0 N–H and O–H groups in total. The first-order chi connectivity index (χ1) is 27.2. The van der Waals surface area contributed by atoms with Crippen LogP contribution in [0, 0.1) is 0 Å². The molecular formula is C52H33NO2. The van der Waals surface area contributed by atoms with E-state index in [0.717, 1.165) is 88.8 Å². The highest BCUT2D eigenvalue weighted by atomic mass is 16.3. The molecule has 9 aromatic carbocycles. The Bertz CT molecular complexity index is 3040. The van der Waals surface area contributed by atoms with Gasteiger partial charge in [0.05, 0.1) is 5.69 Å². The van der Waals surface area contributed by atoms with Crippen LogP contribution < -0.4 is 4.90 Å². The number of para-hydroxylation sites is 4. The summed E-state index contributed by atoms with van der Waals surface area (Å²) >= 11 is 0. The Hall–Kier alpha value is -7.36. The van der Waals surface area contributed by atoms with Crippen molar-refractivity contribution in [2.45, 2.75) is 0 Å². The molecule has 0 atom stereocenters. The fourth-order valence-electron chi connectivity index (χ4n) is 8.24. The van der Waals surface area contributed by atoms with E-state index in [2.05, 4.69) is 181 Å². The van der Waals surface area contributed by atoms with Crippen LogP contribution in [0.3, 0.4) is 0 Å². The zero-order chi connectivity index (χ0) is 36.3. The molecule has 11 rings (SSSR count). The van der Waals surface area contributed by atoms with Crippen LogP contribution in [0.25, 0.3) is 88.0 Å². The van der Waals surface area contributed by atoms with Crippen LogP contribution in [0.15, 0.2) is 209 Å². The number of hydrogen-bond acceptors (Lipinski definition) is 3. The molecule has 0 aliphatic carbocycles. The minimum absolute atomic E-state index is 0.890. The average Bonchev–Trinajstić information content (AvgIpc) is 3.82. The maximum atomic E-state index is 6.23. The van der Waals surface area contributed by atoms with Crippen LogP contribution in [0.5, 0.6) is 0 Å². The van der Waals surface area contributed by atoms with E-state index in [9.17, 15) is 0 Å². The molecule has 258 valence electrons. The largest absolute Gasteiger partial charge is 0.456 e. The molecule has 0 saturated heterocycles. The predicted octanol–water partition coefficient (Wildman–Crippen LogP) is 15.1. The molecule has 0 fully saturated rings. The first-order valence-corrected chi connectivity index (χ1v) is 18.7. The van der Waals surface area contributed by atoms with E-state index >= 15 is 0 Å². The van der Waals surface area contributed by atoms with Gasteiger partial charge >= 0.3 is 0 Å². The van der Waals surface area contributed by atoms with E-state index in [1.165, 1.54) is 16.3 Å². The van der Waals surface area contributed by atoms with Crippen molar-refractivity contribution in [1.82, 2.24) is 0 Å². The number of fused-ring (bicyclic) bond motifs is 7. The van der Waals surface area contributed by atoms with Crippen molar-refractivity contribution in [3.63, 3.8) is 0 Å². The van der Waals surface area contributed by atoms with Gasteiger partial charge < -0.3 is 13.7 Å². The van der Waals surface area contributed by atoms with Gasteiger partial charge in [-0.25, -0.2) is 0 Å². The van der Waals surface area contributed by atoms with Gasteiger partial charge in [-0.1, -0.05) is 115 Å². The molecule has 11 aromatic rings. The van der Waals surface area contributed by atoms with E-state index in [1.807, 2.05) is 24.3 Å². The lowest BCUT2D eigenvalue weighted by Crippen LogP contribution is -2.10. The first-order valence-electron chi connectivity index (χ1n) is 18.7. The zero-order valence-corrected chi connectivity index (χ0v) is 29.8. The number of benzene rings is 9. The van der Waals surface area contributed by atoms with Crippen LogP contribution in [0.4, 0.5) is 17.1 Å². The van der Waals surface area contributed by atoms with Crippen LogP contribution in [-0.4, -0.2) is 0 Å². The Labute approximate surface area is 317 Å². The maximum absolute atomic E-state index is 6.23. The lowest BCUT2D eigenvalue weighted by atomic mass is 9.90. The van der Waals surface area contributed by atoms with Gasteiger partial charge in [0.25, 0.3) is 0 Å². The van der Waals surface area contributed by atoms with Gasteiger partial charge in [-0.2, -0.15) is 0 Å². The number of nitrogens with zero attached hydrogens (tertiary/aromatic N) is 1. The molecule has 0 aliphatic heterocycles. The standard InChI is InChI=1S/C52H33NO2/c1-3-13-39(14-4-1)53(40-15-5-2-6-16-40)48-26-25-41(42-17-7-8-18-43(42)48)38-30-36(34-23-27-51-46(32-34)44-19-9-11-21-49(44)54-51)29-37(31-38)35-24-28-52-47(33-35)45-20-10-12-22-50(45)55-52/h1-33H. The van der Waals surface area contributed by atoms with Gasteiger partial charge in [0.2, 0.25) is 0 Å². The van der Waals surface area contributed by atoms with E-state index in [0.29, 0.717) is 0 Å². The smallest absolute Gasteiger partial charge is 0.135 e. The molecule has 0 unspecified atom stereocenters. The monoisotopic (exact) mass is 703 g/mol. The lowest BCUT2D eigenvalue weighted by Gasteiger charge is -2.27. The Morgan fingerprint density at radius 3 is 1.25 bits per heavy atom.